The summed E-state index contributed by atoms with van der Waals surface area (Å²) in [7, 11) is 0. The molecular formula is C20H16ClN3O4S2. The number of ether oxygens (including phenoxy) is 1. The van der Waals surface area contributed by atoms with E-state index in [0.717, 1.165) is 22.3 Å². The molecule has 1 heterocycles. The van der Waals surface area contributed by atoms with Gasteiger partial charge in [-0.2, -0.15) is 5.01 Å². The SMILES string of the molecule is Cc1ccc(C(=O)NN2C(=O)/C(=C\c3ccccc3OCC(N)=O)SC2=S)c(Cl)c1. The van der Waals surface area contributed by atoms with Crippen LogP contribution in [-0.2, 0) is 9.59 Å². The summed E-state index contributed by atoms with van der Waals surface area (Å²) in [4.78, 5) is 36.6. The van der Waals surface area contributed by atoms with Crippen LogP contribution in [0.4, 0.5) is 0 Å². The van der Waals surface area contributed by atoms with E-state index in [1.165, 1.54) is 0 Å². The molecule has 0 aliphatic carbocycles. The third-order valence-corrected chi connectivity index (χ3v) is 5.57. The van der Waals surface area contributed by atoms with Crippen molar-refractivity contribution in [3.8, 4) is 5.75 Å². The van der Waals surface area contributed by atoms with Crippen molar-refractivity contribution in [2.45, 2.75) is 6.92 Å². The van der Waals surface area contributed by atoms with E-state index in [2.05, 4.69) is 5.43 Å². The number of nitrogens with two attached hydrogens (primary N) is 1. The Morgan fingerprint density at radius 1 is 1.30 bits per heavy atom. The molecule has 1 aliphatic heterocycles. The van der Waals surface area contributed by atoms with Crippen LogP contribution in [0.1, 0.15) is 21.5 Å². The Morgan fingerprint density at radius 2 is 2.03 bits per heavy atom. The molecule has 0 saturated carbocycles. The van der Waals surface area contributed by atoms with Gasteiger partial charge in [0.2, 0.25) is 0 Å². The number of nitrogens with one attached hydrogen (secondary N) is 1. The van der Waals surface area contributed by atoms with E-state index in [0.29, 0.717) is 11.3 Å². The zero-order valence-electron chi connectivity index (χ0n) is 15.7. The fourth-order valence-corrected chi connectivity index (χ4v) is 4.04. The highest BCUT2D eigenvalue weighted by atomic mass is 35.5. The van der Waals surface area contributed by atoms with Crippen molar-refractivity contribution >= 4 is 63.7 Å². The summed E-state index contributed by atoms with van der Waals surface area (Å²) in [5, 5.41) is 1.27. The van der Waals surface area contributed by atoms with Crippen LogP contribution in [0.3, 0.4) is 0 Å². The first kappa shape index (κ1) is 21.8. The normalized spacial score (nSPS) is 14.9. The van der Waals surface area contributed by atoms with Gasteiger partial charge in [-0.25, -0.2) is 0 Å². The number of nitrogens with zero attached hydrogens (tertiary/aromatic N) is 1. The maximum Gasteiger partial charge on any atom is 0.285 e. The van der Waals surface area contributed by atoms with Gasteiger partial charge in [0.05, 0.1) is 15.5 Å². The van der Waals surface area contributed by atoms with Crippen molar-refractivity contribution in [3.05, 3.63) is 69.1 Å². The monoisotopic (exact) mass is 461 g/mol. The number of primary amides is 1. The highest BCUT2D eigenvalue weighted by molar-refractivity contribution is 8.26. The molecule has 0 spiro atoms. The second-order valence-electron chi connectivity index (χ2n) is 6.23. The summed E-state index contributed by atoms with van der Waals surface area (Å²) < 4.78 is 5.54. The lowest BCUT2D eigenvalue weighted by Crippen LogP contribution is -2.44. The average Bonchev–Trinajstić information content (AvgIpc) is 2.94. The molecule has 0 bridgehead atoms. The Bertz CT molecular complexity index is 1090. The van der Waals surface area contributed by atoms with Crippen LogP contribution in [0.15, 0.2) is 47.4 Å². The first-order valence-electron chi connectivity index (χ1n) is 8.61. The maximum atomic E-state index is 12.8. The summed E-state index contributed by atoms with van der Waals surface area (Å²) in [5.74, 6) is -1.28. The molecule has 30 heavy (non-hydrogen) atoms. The van der Waals surface area contributed by atoms with Crippen molar-refractivity contribution in [3.63, 3.8) is 0 Å². The molecule has 1 saturated heterocycles. The van der Waals surface area contributed by atoms with Crippen LogP contribution < -0.4 is 15.9 Å². The van der Waals surface area contributed by atoms with Crippen LogP contribution in [0.25, 0.3) is 6.08 Å². The fourth-order valence-electron chi connectivity index (χ4n) is 2.55. The largest absolute Gasteiger partial charge is 0.483 e. The minimum Gasteiger partial charge on any atom is -0.483 e. The van der Waals surface area contributed by atoms with Crippen LogP contribution in [0.2, 0.25) is 5.02 Å². The number of halogens is 1. The van der Waals surface area contributed by atoms with Crippen LogP contribution >= 0.6 is 35.6 Å². The van der Waals surface area contributed by atoms with Gasteiger partial charge in [-0.15, -0.1) is 0 Å². The van der Waals surface area contributed by atoms with E-state index in [4.69, 9.17) is 34.3 Å². The molecule has 3 rings (SSSR count). The number of hydrogen-bond donors (Lipinski definition) is 2. The van der Waals surface area contributed by atoms with Crippen molar-refractivity contribution in [1.82, 2.24) is 10.4 Å². The quantitative estimate of drug-likeness (QED) is 0.506. The molecule has 0 radical (unpaired) electrons. The third kappa shape index (κ3) is 4.99. The van der Waals surface area contributed by atoms with E-state index in [-0.39, 0.29) is 26.4 Å². The highest BCUT2D eigenvalue weighted by Gasteiger charge is 2.34. The molecule has 7 nitrogen and oxygen atoms in total. The number of aryl methyl sites for hydroxylation is 1. The first-order valence-corrected chi connectivity index (χ1v) is 10.2. The number of carbonyl (C=O) groups excluding carboxylic acids is 3. The number of benzene rings is 2. The molecule has 1 fully saturated rings. The third-order valence-electron chi connectivity index (χ3n) is 3.95. The Balaban J connectivity index is 1.80. The highest BCUT2D eigenvalue weighted by Crippen LogP contribution is 2.33. The minimum absolute atomic E-state index is 0.165. The topological polar surface area (TPSA) is 102 Å². The van der Waals surface area contributed by atoms with Gasteiger partial charge in [0.1, 0.15) is 5.75 Å². The Hall–Kier alpha value is -2.88. The Kier molecular flexibility index (Phi) is 6.76. The second kappa shape index (κ2) is 9.29. The number of carbonyl (C=O) groups is 3. The van der Waals surface area contributed by atoms with Gasteiger partial charge in [-0.05, 0) is 49.0 Å². The lowest BCUT2D eigenvalue weighted by molar-refractivity contribution is -0.123. The van der Waals surface area contributed by atoms with Gasteiger partial charge in [0, 0.05) is 5.56 Å². The predicted molar refractivity (Wildman–Crippen MR) is 120 cm³/mol. The van der Waals surface area contributed by atoms with Crippen molar-refractivity contribution in [2.24, 2.45) is 5.73 Å². The van der Waals surface area contributed by atoms with E-state index < -0.39 is 17.7 Å². The summed E-state index contributed by atoms with van der Waals surface area (Å²) in [6.07, 6.45) is 1.57. The number of thioether (sulfide) groups is 1. The van der Waals surface area contributed by atoms with Crippen molar-refractivity contribution < 1.29 is 19.1 Å². The molecule has 3 N–H and O–H groups in total. The van der Waals surface area contributed by atoms with E-state index >= 15 is 0 Å². The molecule has 3 amide bonds. The predicted octanol–water partition coefficient (Wildman–Crippen LogP) is 3.06. The Labute approximate surface area is 187 Å². The summed E-state index contributed by atoms with van der Waals surface area (Å²) in [6.45, 7) is 1.56. The average molecular weight is 462 g/mol. The van der Waals surface area contributed by atoms with Crippen LogP contribution in [0.5, 0.6) is 5.75 Å². The van der Waals surface area contributed by atoms with Gasteiger partial charge < -0.3 is 10.5 Å². The van der Waals surface area contributed by atoms with Gasteiger partial charge in [0.15, 0.2) is 10.9 Å². The molecule has 0 unspecified atom stereocenters. The number of hydrogen-bond acceptors (Lipinski definition) is 6. The zero-order chi connectivity index (χ0) is 21.8. The molecule has 2 aromatic carbocycles. The number of para-hydroxylation sites is 1. The molecule has 0 aromatic heterocycles. The number of rotatable bonds is 6. The van der Waals surface area contributed by atoms with E-state index in [9.17, 15) is 14.4 Å². The first-order chi connectivity index (χ1) is 14.3. The second-order valence-corrected chi connectivity index (χ2v) is 8.32. The van der Waals surface area contributed by atoms with Gasteiger partial charge in [0.25, 0.3) is 17.7 Å². The molecule has 0 atom stereocenters. The number of amides is 3. The summed E-state index contributed by atoms with van der Waals surface area (Å²) >= 11 is 12.4. The smallest absolute Gasteiger partial charge is 0.285 e. The fraction of sp³-hybridized carbons (Fsp3) is 0.100. The Morgan fingerprint density at radius 3 is 2.73 bits per heavy atom. The standard InChI is InChI=1S/C20H16ClN3O4S2/c1-11-6-7-13(14(21)8-11)18(26)23-24-19(27)16(30-20(24)29)9-12-4-2-3-5-15(12)28-10-17(22)25/h2-9H,10H2,1H3,(H2,22,25)(H,23,26)/b16-9+. The lowest BCUT2D eigenvalue weighted by Gasteiger charge is -2.16. The molecule has 10 heteroatoms. The van der Waals surface area contributed by atoms with Crippen molar-refractivity contribution in [2.75, 3.05) is 6.61 Å². The molecule has 154 valence electrons. The van der Waals surface area contributed by atoms with Gasteiger partial charge in [-0.3, -0.25) is 19.8 Å². The molecule has 2 aromatic rings. The lowest BCUT2D eigenvalue weighted by atomic mass is 10.1. The van der Waals surface area contributed by atoms with E-state index in [1.807, 2.05) is 6.92 Å². The van der Waals surface area contributed by atoms with Gasteiger partial charge >= 0.3 is 0 Å². The summed E-state index contributed by atoms with van der Waals surface area (Å²) in [5.41, 5.74) is 9.30. The number of thiocarbonyl (C=S) groups is 1. The van der Waals surface area contributed by atoms with Crippen LogP contribution in [-0.4, -0.2) is 33.7 Å². The van der Waals surface area contributed by atoms with Gasteiger partial charge in [-0.1, -0.05) is 47.6 Å². The molecular weight excluding hydrogens is 446 g/mol. The maximum absolute atomic E-state index is 12.8. The molecule has 1 aliphatic rings. The minimum atomic E-state index is -0.617. The van der Waals surface area contributed by atoms with Crippen molar-refractivity contribution in [1.29, 1.82) is 0 Å². The summed E-state index contributed by atoms with van der Waals surface area (Å²) in [6, 6.07) is 11.8. The zero-order valence-corrected chi connectivity index (χ0v) is 18.1. The number of hydrazine groups is 1. The van der Waals surface area contributed by atoms with Crippen LogP contribution in [0, 0.1) is 6.92 Å². The van der Waals surface area contributed by atoms with E-state index in [1.54, 1.807) is 48.5 Å².